The Morgan fingerprint density at radius 2 is 1.93 bits per heavy atom. The Labute approximate surface area is 156 Å². The number of nitriles is 1. The van der Waals surface area contributed by atoms with Gasteiger partial charge in [0.1, 0.15) is 23.0 Å². The normalized spacial score (nSPS) is 10.3. The fourth-order valence-corrected chi connectivity index (χ4v) is 2.80. The van der Waals surface area contributed by atoms with Crippen molar-refractivity contribution < 1.29 is 14.0 Å². The number of aryl methyl sites for hydroxylation is 1. The van der Waals surface area contributed by atoms with Crippen LogP contribution in [0.4, 0.5) is 0 Å². The minimum absolute atomic E-state index is 0.181. The van der Waals surface area contributed by atoms with Gasteiger partial charge in [0.15, 0.2) is 0 Å². The average Bonchev–Trinajstić information content (AvgIpc) is 3.33. The van der Waals surface area contributed by atoms with Crippen LogP contribution in [0.1, 0.15) is 37.6 Å². The third-order valence-corrected chi connectivity index (χ3v) is 4.11. The highest BCUT2D eigenvalue weighted by Crippen LogP contribution is 2.25. The van der Waals surface area contributed by atoms with Crippen molar-refractivity contribution in [2.75, 3.05) is 7.05 Å². The molecule has 0 fully saturated rings. The number of nitrogens with one attached hydrogen (secondary N) is 2. The Balaban J connectivity index is 1.82. The van der Waals surface area contributed by atoms with Crippen molar-refractivity contribution in [2.24, 2.45) is 0 Å². The van der Waals surface area contributed by atoms with E-state index in [0.29, 0.717) is 17.2 Å². The molecule has 1 aromatic carbocycles. The zero-order valence-corrected chi connectivity index (χ0v) is 14.9. The first-order valence-electron chi connectivity index (χ1n) is 8.31. The van der Waals surface area contributed by atoms with E-state index >= 15 is 0 Å². The number of aromatic nitrogens is 1. The molecular formula is C20H18N4O3. The van der Waals surface area contributed by atoms with Crippen LogP contribution in [0.25, 0.3) is 5.88 Å². The van der Waals surface area contributed by atoms with E-state index in [2.05, 4.69) is 16.7 Å². The Bertz CT molecular complexity index is 1030. The molecule has 0 saturated carbocycles. The lowest BCUT2D eigenvalue weighted by molar-refractivity contribution is 0.0947. The number of carbonyl (C=O) groups excluding carboxylic acids is 2. The molecule has 136 valence electrons. The van der Waals surface area contributed by atoms with Gasteiger partial charge in [-0.2, -0.15) is 5.26 Å². The summed E-state index contributed by atoms with van der Waals surface area (Å²) in [6.07, 6.45) is 3.48. The number of nitrogens with zero attached hydrogens (tertiary/aromatic N) is 2. The molecule has 2 N–H and O–H groups in total. The second-order valence-electron chi connectivity index (χ2n) is 5.88. The summed E-state index contributed by atoms with van der Waals surface area (Å²) in [6, 6.07) is 12.6. The Kier molecular flexibility index (Phi) is 5.08. The van der Waals surface area contributed by atoms with Crippen molar-refractivity contribution >= 4 is 11.8 Å². The fourth-order valence-electron chi connectivity index (χ4n) is 2.80. The summed E-state index contributed by atoms with van der Waals surface area (Å²) in [4.78, 5) is 24.4. The van der Waals surface area contributed by atoms with Crippen LogP contribution in [0.3, 0.4) is 0 Å². The quantitative estimate of drug-likeness (QED) is 0.728. The van der Waals surface area contributed by atoms with E-state index in [1.165, 1.54) is 0 Å². The van der Waals surface area contributed by atoms with Crippen LogP contribution < -0.4 is 10.6 Å². The molecule has 0 bridgehead atoms. The van der Waals surface area contributed by atoms with Crippen LogP contribution in [-0.4, -0.2) is 23.4 Å². The molecule has 7 nitrogen and oxygen atoms in total. The van der Waals surface area contributed by atoms with Crippen molar-refractivity contribution in [1.29, 1.82) is 5.26 Å². The van der Waals surface area contributed by atoms with Gasteiger partial charge in [-0.25, -0.2) is 0 Å². The zero-order valence-electron chi connectivity index (χ0n) is 14.9. The van der Waals surface area contributed by atoms with E-state index in [1.807, 2.05) is 6.07 Å². The second kappa shape index (κ2) is 7.62. The number of hydrogen-bond acceptors (Lipinski definition) is 4. The predicted octanol–water partition coefficient (Wildman–Crippen LogP) is 2.54. The third-order valence-electron chi connectivity index (χ3n) is 4.11. The van der Waals surface area contributed by atoms with E-state index in [4.69, 9.17) is 4.42 Å². The maximum Gasteiger partial charge on any atom is 0.256 e. The van der Waals surface area contributed by atoms with E-state index in [0.717, 1.165) is 5.56 Å². The minimum Gasteiger partial charge on any atom is -0.443 e. The lowest BCUT2D eigenvalue weighted by Gasteiger charge is -2.07. The van der Waals surface area contributed by atoms with E-state index < -0.39 is 5.91 Å². The van der Waals surface area contributed by atoms with Gasteiger partial charge in [0.2, 0.25) is 5.88 Å². The zero-order chi connectivity index (χ0) is 19.4. The first-order valence-corrected chi connectivity index (χ1v) is 8.31. The maximum absolute atomic E-state index is 12.7. The molecule has 0 radical (unpaired) electrons. The molecule has 7 heteroatoms. The molecule has 2 amide bonds. The second-order valence-corrected chi connectivity index (χ2v) is 5.88. The summed E-state index contributed by atoms with van der Waals surface area (Å²) < 4.78 is 7.29. The largest absolute Gasteiger partial charge is 0.443 e. The van der Waals surface area contributed by atoms with Crippen molar-refractivity contribution in [3.05, 3.63) is 76.8 Å². The van der Waals surface area contributed by atoms with Gasteiger partial charge in [0, 0.05) is 31.5 Å². The SMILES string of the molecule is CNC(=O)c1cccc(CNC(=O)c2c(C)oc(-n3cccc3)c2C#N)c1. The summed E-state index contributed by atoms with van der Waals surface area (Å²) in [7, 11) is 1.56. The average molecular weight is 362 g/mol. The Hall–Kier alpha value is -3.79. The maximum atomic E-state index is 12.7. The minimum atomic E-state index is -0.406. The Morgan fingerprint density at radius 1 is 1.19 bits per heavy atom. The van der Waals surface area contributed by atoms with Crippen LogP contribution in [0.5, 0.6) is 0 Å². The molecule has 0 unspecified atom stereocenters. The molecule has 2 aromatic heterocycles. The smallest absolute Gasteiger partial charge is 0.256 e. The fraction of sp³-hybridized carbons (Fsp3) is 0.150. The number of hydrogen-bond donors (Lipinski definition) is 2. The van der Waals surface area contributed by atoms with Gasteiger partial charge in [0.05, 0.1) is 0 Å². The van der Waals surface area contributed by atoms with Crippen LogP contribution in [0.15, 0.2) is 53.2 Å². The van der Waals surface area contributed by atoms with Gasteiger partial charge < -0.3 is 15.1 Å². The van der Waals surface area contributed by atoms with Gasteiger partial charge in [-0.15, -0.1) is 0 Å². The van der Waals surface area contributed by atoms with Gasteiger partial charge in [-0.05, 0) is 36.8 Å². The predicted molar refractivity (Wildman–Crippen MR) is 98.5 cm³/mol. The molecule has 0 aliphatic rings. The summed E-state index contributed by atoms with van der Waals surface area (Å²) in [6.45, 7) is 1.87. The number of benzene rings is 1. The van der Waals surface area contributed by atoms with Gasteiger partial charge in [-0.3, -0.25) is 14.2 Å². The van der Waals surface area contributed by atoms with Crippen LogP contribution in [-0.2, 0) is 6.54 Å². The van der Waals surface area contributed by atoms with Gasteiger partial charge in [0.25, 0.3) is 11.8 Å². The van der Waals surface area contributed by atoms with Crippen LogP contribution in [0.2, 0.25) is 0 Å². The summed E-state index contributed by atoms with van der Waals surface area (Å²) in [5.41, 5.74) is 1.68. The standard InChI is InChI=1S/C20H18N4O3/c1-13-17(16(11-21)20(27-13)24-8-3-4-9-24)19(26)23-12-14-6-5-7-15(10-14)18(25)22-2/h3-10H,12H2,1-2H3,(H,22,25)(H,23,26). The van der Waals surface area contributed by atoms with Crippen molar-refractivity contribution in [3.63, 3.8) is 0 Å². The van der Waals surface area contributed by atoms with Gasteiger partial charge in [-0.1, -0.05) is 12.1 Å². The molecule has 3 aromatic rings. The van der Waals surface area contributed by atoms with E-state index in [1.54, 1.807) is 61.3 Å². The summed E-state index contributed by atoms with van der Waals surface area (Å²) in [5.74, 6) is 0.0761. The monoisotopic (exact) mass is 362 g/mol. The van der Waals surface area contributed by atoms with E-state index in [-0.39, 0.29) is 23.6 Å². The molecule has 3 rings (SSSR count). The molecule has 27 heavy (non-hydrogen) atoms. The molecule has 2 heterocycles. The van der Waals surface area contributed by atoms with Crippen molar-refractivity contribution in [1.82, 2.24) is 15.2 Å². The summed E-state index contributed by atoms with van der Waals surface area (Å²) in [5, 5.41) is 14.9. The highest BCUT2D eigenvalue weighted by atomic mass is 16.4. The Morgan fingerprint density at radius 3 is 2.59 bits per heavy atom. The van der Waals surface area contributed by atoms with E-state index in [9.17, 15) is 14.9 Å². The number of amides is 2. The van der Waals surface area contributed by atoms with Crippen LogP contribution in [0, 0.1) is 18.3 Å². The lowest BCUT2D eigenvalue weighted by atomic mass is 10.1. The van der Waals surface area contributed by atoms with Crippen LogP contribution >= 0.6 is 0 Å². The van der Waals surface area contributed by atoms with Gasteiger partial charge >= 0.3 is 0 Å². The lowest BCUT2D eigenvalue weighted by Crippen LogP contribution is -2.24. The highest BCUT2D eigenvalue weighted by Gasteiger charge is 2.24. The molecule has 0 saturated heterocycles. The molecule has 0 aliphatic carbocycles. The molecule has 0 aliphatic heterocycles. The van der Waals surface area contributed by atoms with Crippen molar-refractivity contribution in [2.45, 2.75) is 13.5 Å². The number of furan rings is 1. The summed E-state index contributed by atoms with van der Waals surface area (Å²) >= 11 is 0. The first-order chi connectivity index (χ1) is 13.0. The number of carbonyl (C=O) groups is 2. The number of rotatable bonds is 5. The van der Waals surface area contributed by atoms with Crippen molar-refractivity contribution in [3.8, 4) is 12.0 Å². The molecular weight excluding hydrogens is 344 g/mol. The molecule has 0 spiro atoms. The first kappa shape index (κ1) is 18.0. The topological polar surface area (TPSA) is 100 Å². The third kappa shape index (κ3) is 3.60. The highest BCUT2D eigenvalue weighted by molar-refractivity contribution is 5.98. The molecule has 0 atom stereocenters.